The van der Waals surface area contributed by atoms with Gasteiger partial charge in [-0.05, 0) is 30.7 Å². The van der Waals surface area contributed by atoms with Gasteiger partial charge in [0.15, 0.2) is 0 Å². The van der Waals surface area contributed by atoms with Crippen LogP contribution in [0.1, 0.15) is 28.9 Å². The van der Waals surface area contributed by atoms with Crippen LogP contribution in [0.5, 0.6) is 0 Å². The topological polar surface area (TPSA) is 85.0 Å². The number of hydrogen-bond acceptors (Lipinski definition) is 6. The number of carbonyl (C=O) groups is 1. The Hall–Kier alpha value is -3.09. The summed E-state index contributed by atoms with van der Waals surface area (Å²) < 4.78 is 5.21. The van der Waals surface area contributed by atoms with Crippen LogP contribution in [-0.4, -0.2) is 38.0 Å². The summed E-state index contributed by atoms with van der Waals surface area (Å²) in [6.45, 7) is 2.22. The van der Waals surface area contributed by atoms with Crippen molar-refractivity contribution in [2.45, 2.75) is 19.9 Å². The molecule has 0 unspecified atom stereocenters. The highest BCUT2D eigenvalue weighted by molar-refractivity contribution is 5.94. The van der Waals surface area contributed by atoms with Gasteiger partial charge in [0.2, 0.25) is 11.7 Å². The van der Waals surface area contributed by atoms with Gasteiger partial charge in [0.05, 0.1) is 6.54 Å². The van der Waals surface area contributed by atoms with Crippen LogP contribution in [0.3, 0.4) is 0 Å². The molecule has 0 fully saturated rings. The highest BCUT2D eigenvalue weighted by atomic mass is 16.5. The molecule has 122 valence electrons. The molecule has 24 heavy (non-hydrogen) atoms. The van der Waals surface area contributed by atoms with E-state index in [0.717, 1.165) is 12.1 Å². The van der Waals surface area contributed by atoms with E-state index in [1.165, 1.54) is 4.90 Å². The molecule has 0 aromatic carbocycles. The van der Waals surface area contributed by atoms with Gasteiger partial charge in [-0.2, -0.15) is 4.98 Å². The van der Waals surface area contributed by atoms with E-state index < -0.39 is 0 Å². The Kier molecular flexibility index (Phi) is 4.60. The molecule has 3 rings (SSSR count). The number of hydrogen-bond donors (Lipinski definition) is 0. The first kappa shape index (κ1) is 15.8. The molecule has 3 aromatic heterocycles. The lowest BCUT2D eigenvalue weighted by Crippen LogP contribution is -2.26. The van der Waals surface area contributed by atoms with Crippen LogP contribution in [0.15, 0.2) is 47.2 Å². The average molecular weight is 323 g/mol. The predicted octanol–water partition coefficient (Wildman–Crippen LogP) is 2.36. The van der Waals surface area contributed by atoms with Crippen LogP contribution in [0.25, 0.3) is 11.5 Å². The third-order valence-corrected chi connectivity index (χ3v) is 3.51. The molecule has 0 radical (unpaired) electrons. The molecule has 0 aliphatic carbocycles. The van der Waals surface area contributed by atoms with E-state index in [-0.39, 0.29) is 12.5 Å². The van der Waals surface area contributed by atoms with Crippen molar-refractivity contribution >= 4 is 5.91 Å². The molecule has 0 N–H and O–H groups in total. The zero-order chi connectivity index (χ0) is 16.9. The van der Waals surface area contributed by atoms with E-state index in [4.69, 9.17) is 4.52 Å². The highest BCUT2D eigenvalue weighted by Crippen LogP contribution is 2.14. The van der Waals surface area contributed by atoms with Crippen LogP contribution in [0, 0.1) is 0 Å². The van der Waals surface area contributed by atoms with Crippen LogP contribution in [0.2, 0.25) is 0 Å². The lowest BCUT2D eigenvalue weighted by molar-refractivity contribution is 0.0769. The minimum atomic E-state index is -0.121. The van der Waals surface area contributed by atoms with Gasteiger partial charge < -0.3 is 9.42 Å². The fraction of sp³-hybridized carbons (Fsp3) is 0.235. The third-order valence-electron chi connectivity index (χ3n) is 3.51. The maximum atomic E-state index is 12.5. The maximum absolute atomic E-state index is 12.5. The molecule has 3 aromatic rings. The second-order valence-electron chi connectivity index (χ2n) is 5.28. The average Bonchev–Trinajstić information content (AvgIpc) is 3.10. The smallest absolute Gasteiger partial charge is 0.254 e. The zero-order valence-electron chi connectivity index (χ0n) is 13.5. The first-order valence-corrected chi connectivity index (χ1v) is 7.61. The summed E-state index contributed by atoms with van der Waals surface area (Å²) in [7, 11) is 1.69. The summed E-state index contributed by atoms with van der Waals surface area (Å²) in [5, 5.41) is 3.90. The molecule has 0 saturated heterocycles. The summed E-state index contributed by atoms with van der Waals surface area (Å²) in [6.07, 6.45) is 4.09. The zero-order valence-corrected chi connectivity index (χ0v) is 13.5. The second-order valence-corrected chi connectivity index (χ2v) is 5.28. The third kappa shape index (κ3) is 3.45. The van der Waals surface area contributed by atoms with Crippen LogP contribution < -0.4 is 0 Å². The van der Waals surface area contributed by atoms with Crippen molar-refractivity contribution < 1.29 is 9.32 Å². The van der Waals surface area contributed by atoms with Gasteiger partial charge in [-0.25, -0.2) is 0 Å². The standard InChI is InChI=1S/C17H17N5O2/c1-3-13-10-12(7-9-18-13)17(23)22(2)11-15-20-16(21-24-15)14-6-4-5-8-19-14/h4-10H,3,11H2,1-2H3. The summed E-state index contributed by atoms with van der Waals surface area (Å²) >= 11 is 0. The van der Waals surface area contributed by atoms with Gasteiger partial charge in [-0.3, -0.25) is 14.8 Å². The summed E-state index contributed by atoms with van der Waals surface area (Å²) in [4.78, 5) is 26.7. The molecule has 0 saturated carbocycles. The SMILES string of the molecule is CCc1cc(C(=O)N(C)Cc2nc(-c3ccccn3)no2)ccn1. The number of rotatable bonds is 5. The normalized spacial score (nSPS) is 10.6. The van der Waals surface area contributed by atoms with Crippen molar-refractivity contribution in [3.05, 3.63) is 59.9 Å². The highest BCUT2D eigenvalue weighted by Gasteiger charge is 2.17. The number of pyridine rings is 2. The van der Waals surface area contributed by atoms with Crippen molar-refractivity contribution in [1.29, 1.82) is 0 Å². The molecule has 1 amide bonds. The van der Waals surface area contributed by atoms with Crippen molar-refractivity contribution in [1.82, 2.24) is 25.0 Å². The van der Waals surface area contributed by atoms with Crippen LogP contribution >= 0.6 is 0 Å². The summed E-state index contributed by atoms with van der Waals surface area (Å²) in [5.41, 5.74) is 2.10. The first-order valence-electron chi connectivity index (χ1n) is 7.61. The molecule has 0 spiro atoms. The Labute approximate surface area is 139 Å². The molecule has 0 aliphatic heterocycles. The van der Waals surface area contributed by atoms with E-state index in [0.29, 0.717) is 23.0 Å². The fourth-order valence-electron chi connectivity index (χ4n) is 2.22. The van der Waals surface area contributed by atoms with Gasteiger partial charge >= 0.3 is 0 Å². The predicted molar refractivity (Wildman–Crippen MR) is 86.9 cm³/mol. The quantitative estimate of drug-likeness (QED) is 0.716. The van der Waals surface area contributed by atoms with Crippen LogP contribution in [-0.2, 0) is 13.0 Å². The largest absolute Gasteiger partial charge is 0.337 e. The number of nitrogens with zero attached hydrogens (tertiary/aromatic N) is 5. The summed E-state index contributed by atoms with van der Waals surface area (Å²) in [5.74, 6) is 0.643. The lowest BCUT2D eigenvalue weighted by atomic mass is 10.2. The Morgan fingerprint density at radius 1 is 1.21 bits per heavy atom. The molecule has 3 heterocycles. The van der Waals surface area contributed by atoms with Gasteiger partial charge in [-0.15, -0.1) is 0 Å². The van der Waals surface area contributed by atoms with Crippen molar-refractivity contribution in [2.75, 3.05) is 7.05 Å². The van der Waals surface area contributed by atoms with E-state index >= 15 is 0 Å². The molecule has 0 bridgehead atoms. The van der Waals surface area contributed by atoms with E-state index in [2.05, 4.69) is 20.1 Å². The van der Waals surface area contributed by atoms with Gasteiger partial charge in [0.1, 0.15) is 5.69 Å². The number of carbonyl (C=O) groups excluding carboxylic acids is 1. The molecule has 7 nitrogen and oxygen atoms in total. The molecule has 0 atom stereocenters. The van der Waals surface area contributed by atoms with Crippen molar-refractivity contribution in [3.63, 3.8) is 0 Å². The van der Waals surface area contributed by atoms with Gasteiger partial charge in [0, 0.05) is 30.7 Å². The van der Waals surface area contributed by atoms with E-state index in [1.54, 1.807) is 37.6 Å². The second kappa shape index (κ2) is 6.99. The van der Waals surface area contributed by atoms with Gasteiger partial charge in [-0.1, -0.05) is 18.1 Å². The van der Waals surface area contributed by atoms with Crippen molar-refractivity contribution in [2.24, 2.45) is 0 Å². The molecular formula is C17H17N5O2. The molecule has 7 heteroatoms. The monoisotopic (exact) mass is 323 g/mol. The number of amides is 1. The molecular weight excluding hydrogens is 306 g/mol. The van der Waals surface area contributed by atoms with E-state index in [9.17, 15) is 4.79 Å². The minimum Gasteiger partial charge on any atom is -0.337 e. The Morgan fingerprint density at radius 2 is 2.08 bits per heavy atom. The first-order chi connectivity index (χ1) is 11.7. The van der Waals surface area contributed by atoms with Crippen LogP contribution in [0.4, 0.5) is 0 Å². The Bertz CT molecular complexity index is 832. The fourth-order valence-corrected chi connectivity index (χ4v) is 2.22. The molecule has 0 aliphatic rings. The number of aryl methyl sites for hydroxylation is 1. The van der Waals surface area contributed by atoms with E-state index in [1.807, 2.05) is 19.1 Å². The number of aromatic nitrogens is 4. The van der Waals surface area contributed by atoms with Gasteiger partial charge in [0.25, 0.3) is 5.91 Å². The Balaban J connectivity index is 1.71. The maximum Gasteiger partial charge on any atom is 0.254 e. The minimum absolute atomic E-state index is 0.121. The summed E-state index contributed by atoms with van der Waals surface area (Å²) in [6, 6.07) is 8.96. The Morgan fingerprint density at radius 3 is 2.83 bits per heavy atom. The van der Waals surface area contributed by atoms with Crippen molar-refractivity contribution in [3.8, 4) is 11.5 Å². The lowest BCUT2D eigenvalue weighted by Gasteiger charge is -2.14.